The number of likely N-dealkylation sites (N-methyl/N-ethyl adjacent to an activating group) is 1. The lowest BCUT2D eigenvalue weighted by Crippen LogP contribution is -2.47. The number of urea groups is 1. The first-order valence-electron chi connectivity index (χ1n) is 6.26. The lowest BCUT2D eigenvalue weighted by molar-refractivity contribution is -0.137. The van der Waals surface area contributed by atoms with Gasteiger partial charge in [-0.2, -0.15) is 0 Å². The van der Waals surface area contributed by atoms with E-state index in [0.29, 0.717) is 13.1 Å². The third kappa shape index (κ3) is 7.32. The molecule has 0 rings (SSSR count). The number of hydrogen-bond acceptors (Lipinski definition) is 3. The molecule has 0 aliphatic rings. The van der Waals surface area contributed by atoms with Crippen LogP contribution in [0.25, 0.3) is 0 Å². The summed E-state index contributed by atoms with van der Waals surface area (Å²) in [7, 11) is 3.84. The normalized spacial score (nSPS) is 10.1. The van der Waals surface area contributed by atoms with Gasteiger partial charge in [0.1, 0.15) is 6.54 Å². The molecule has 0 aliphatic carbocycles. The predicted molar refractivity (Wildman–Crippen MR) is 73.9 cm³/mol. The SMILES string of the molecule is C#CCN(CC(=O)O)C(=O)N(CCC)CCN(C)C. The van der Waals surface area contributed by atoms with Crippen molar-refractivity contribution in [2.75, 3.05) is 46.8 Å². The van der Waals surface area contributed by atoms with Crippen molar-refractivity contribution in [3.63, 3.8) is 0 Å². The highest BCUT2D eigenvalue weighted by Gasteiger charge is 2.21. The maximum Gasteiger partial charge on any atom is 0.323 e. The van der Waals surface area contributed by atoms with Crippen molar-refractivity contribution >= 4 is 12.0 Å². The summed E-state index contributed by atoms with van der Waals surface area (Å²) >= 11 is 0. The number of carbonyl (C=O) groups excluding carboxylic acids is 1. The van der Waals surface area contributed by atoms with E-state index in [1.54, 1.807) is 4.90 Å². The number of carboxylic acids is 1. The van der Waals surface area contributed by atoms with Crippen LogP contribution in [0, 0.1) is 12.3 Å². The van der Waals surface area contributed by atoms with Crippen LogP contribution in [0.5, 0.6) is 0 Å². The number of terminal acetylenes is 1. The molecule has 108 valence electrons. The average molecular weight is 269 g/mol. The van der Waals surface area contributed by atoms with Crippen molar-refractivity contribution < 1.29 is 14.7 Å². The van der Waals surface area contributed by atoms with Crippen molar-refractivity contribution in [2.45, 2.75) is 13.3 Å². The molecular weight excluding hydrogens is 246 g/mol. The Balaban J connectivity index is 4.71. The van der Waals surface area contributed by atoms with E-state index >= 15 is 0 Å². The number of carbonyl (C=O) groups is 2. The molecule has 2 amide bonds. The molecule has 0 aromatic carbocycles. The van der Waals surface area contributed by atoms with E-state index in [1.807, 2.05) is 25.9 Å². The largest absolute Gasteiger partial charge is 0.480 e. The van der Waals surface area contributed by atoms with E-state index in [4.69, 9.17) is 11.5 Å². The summed E-state index contributed by atoms with van der Waals surface area (Å²) in [4.78, 5) is 27.8. The zero-order valence-electron chi connectivity index (χ0n) is 11.9. The summed E-state index contributed by atoms with van der Waals surface area (Å²) in [6, 6.07) is -0.316. The van der Waals surface area contributed by atoms with Crippen molar-refractivity contribution in [1.29, 1.82) is 0 Å². The highest BCUT2D eigenvalue weighted by molar-refractivity contribution is 5.80. The molecular formula is C13H23N3O3. The van der Waals surface area contributed by atoms with Gasteiger partial charge < -0.3 is 19.8 Å². The predicted octanol–water partition coefficient (Wildman–Crippen LogP) is 0.400. The lowest BCUT2D eigenvalue weighted by Gasteiger charge is -2.29. The average Bonchev–Trinajstić information content (AvgIpc) is 2.32. The minimum atomic E-state index is -1.06. The first-order valence-corrected chi connectivity index (χ1v) is 6.26. The van der Waals surface area contributed by atoms with Crippen molar-refractivity contribution in [3.8, 4) is 12.3 Å². The second kappa shape index (κ2) is 9.22. The van der Waals surface area contributed by atoms with E-state index in [2.05, 4.69) is 5.92 Å². The molecule has 0 bridgehead atoms. The van der Waals surface area contributed by atoms with Gasteiger partial charge in [0, 0.05) is 19.6 Å². The molecule has 6 nitrogen and oxygen atoms in total. The Morgan fingerprint density at radius 3 is 2.21 bits per heavy atom. The summed E-state index contributed by atoms with van der Waals surface area (Å²) in [6.07, 6.45) is 5.99. The van der Waals surface area contributed by atoms with Gasteiger partial charge in [0.2, 0.25) is 0 Å². The second-order valence-corrected chi connectivity index (χ2v) is 4.53. The topological polar surface area (TPSA) is 64.1 Å². The number of nitrogens with zero attached hydrogens (tertiary/aromatic N) is 3. The summed E-state index contributed by atoms with van der Waals surface area (Å²) in [6.45, 7) is 3.48. The number of rotatable bonds is 8. The van der Waals surface area contributed by atoms with Gasteiger partial charge >= 0.3 is 12.0 Å². The number of carboxylic acid groups (broad SMARTS) is 1. The third-order valence-electron chi connectivity index (χ3n) is 2.46. The zero-order valence-corrected chi connectivity index (χ0v) is 11.9. The first-order chi connectivity index (χ1) is 8.92. The highest BCUT2D eigenvalue weighted by Crippen LogP contribution is 2.01. The molecule has 0 heterocycles. The molecule has 0 aromatic rings. The number of amides is 2. The van der Waals surface area contributed by atoms with Crippen LogP contribution in [0.3, 0.4) is 0 Å². The van der Waals surface area contributed by atoms with Crippen LogP contribution in [-0.2, 0) is 4.79 Å². The van der Waals surface area contributed by atoms with E-state index in [0.717, 1.165) is 13.0 Å². The van der Waals surface area contributed by atoms with Crippen LogP contribution < -0.4 is 0 Å². The lowest BCUT2D eigenvalue weighted by atomic mass is 10.4. The Kier molecular flexibility index (Phi) is 8.38. The second-order valence-electron chi connectivity index (χ2n) is 4.53. The summed E-state index contributed by atoms with van der Waals surface area (Å²) < 4.78 is 0. The molecule has 0 saturated carbocycles. The van der Waals surface area contributed by atoms with Crippen LogP contribution in [-0.4, -0.2) is 78.6 Å². The van der Waals surface area contributed by atoms with Gasteiger partial charge in [-0.25, -0.2) is 4.79 Å². The minimum Gasteiger partial charge on any atom is -0.480 e. The Hall–Kier alpha value is -1.74. The van der Waals surface area contributed by atoms with E-state index in [1.165, 1.54) is 4.90 Å². The van der Waals surface area contributed by atoms with Crippen LogP contribution in [0.2, 0.25) is 0 Å². The van der Waals surface area contributed by atoms with Gasteiger partial charge in [-0.05, 0) is 20.5 Å². The molecule has 19 heavy (non-hydrogen) atoms. The van der Waals surface area contributed by atoms with Crippen LogP contribution >= 0.6 is 0 Å². The summed E-state index contributed by atoms with van der Waals surface area (Å²) in [5.41, 5.74) is 0. The van der Waals surface area contributed by atoms with Crippen LogP contribution in [0.1, 0.15) is 13.3 Å². The maximum atomic E-state index is 12.2. The van der Waals surface area contributed by atoms with E-state index < -0.39 is 5.97 Å². The molecule has 0 fully saturated rings. The highest BCUT2D eigenvalue weighted by atomic mass is 16.4. The van der Waals surface area contributed by atoms with E-state index in [9.17, 15) is 9.59 Å². The fourth-order valence-electron chi connectivity index (χ4n) is 1.56. The molecule has 1 N–H and O–H groups in total. The summed E-state index contributed by atoms with van der Waals surface area (Å²) in [5.74, 6) is 1.26. The van der Waals surface area contributed by atoms with Crippen LogP contribution in [0.15, 0.2) is 0 Å². The molecule has 0 saturated heterocycles. The minimum absolute atomic E-state index is 0.00725. The maximum absolute atomic E-state index is 12.2. The van der Waals surface area contributed by atoms with Crippen molar-refractivity contribution in [3.05, 3.63) is 0 Å². The molecule has 0 aromatic heterocycles. The Bertz CT molecular complexity index is 337. The van der Waals surface area contributed by atoms with Gasteiger partial charge in [-0.1, -0.05) is 12.8 Å². The molecule has 6 heteroatoms. The fourth-order valence-corrected chi connectivity index (χ4v) is 1.56. The quantitative estimate of drug-likeness (QED) is 0.648. The van der Waals surface area contributed by atoms with Gasteiger partial charge in [0.05, 0.1) is 6.54 Å². The summed E-state index contributed by atoms with van der Waals surface area (Å²) in [5, 5.41) is 8.80. The Morgan fingerprint density at radius 2 is 1.79 bits per heavy atom. The molecule has 0 atom stereocenters. The first kappa shape index (κ1) is 17.3. The molecule has 0 radical (unpaired) electrons. The Morgan fingerprint density at radius 1 is 1.16 bits per heavy atom. The van der Waals surface area contributed by atoms with Crippen LogP contribution in [0.4, 0.5) is 4.79 Å². The fraction of sp³-hybridized carbons (Fsp3) is 0.692. The third-order valence-corrected chi connectivity index (χ3v) is 2.46. The van der Waals surface area contributed by atoms with Crippen molar-refractivity contribution in [2.24, 2.45) is 0 Å². The number of hydrogen-bond donors (Lipinski definition) is 1. The van der Waals surface area contributed by atoms with Gasteiger partial charge in [-0.3, -0.25) is 4.79 Å². The molecule has 0 aliphatic heterocycles. The molecule has 0 unspecified atom stereocenters. The van der Waals surface area contributed by atoms with Crippen molar-refractivity contribution in [1.82, 2.24) is 14.7 Å². The van der Waals surface area contributed by atoms with Gasteiger partial charge in [0.15, 0.2) is 0 Å². The zero-order chi connectivity index (χ0) is 14.8. The smallest absolute Gasteiger partial charge is 0.323 e. The van der Waals surface area contributed by atoms with Gasteiger partial charge in [0.25, 0.3) is 0 Å². The molecule has 0 spiro atoms. The standard InChI is InChI=1S/C13H23N3O3/c1-5-7-15(10-9-14(3)4)13(19)16(8-6-2)11-12(17)18/h2H,5,7-11H2,1,3-4H3,(H,17,18). The Labute approximate surface area is 115 Å². The monoisotopic (exact) mass is 269 g/mol. The van der Waals surface area contributed by atoms with Gasteiger partial charge in [-0.15, -0.1) is 6.42 Å². The number of aliphatic carboxylic acids is 1. The van der Waals surface area contributed by atoms with E-state index in [-0.39, 0.29) is 19.1 Å².